The van der Waals surface area contributed by atoms with Gasteiger partial charge in [0.2, 0.25) is 0 Å². The maximum Gasteiger partial charge on any atom is 0.335 e. The van der Waals surface area contributed by atoms with E-state index in [9.17, 15) is 14.7 Å². The van der Waals surface area contributed by atoms with Gasteiger partial charge in [0.05, 0.1) is 11.1 Å². The Kier molecular flexibility index (Phi) is 6.46. The van der Waals surface area contributed by atoms with Crippen LogP contribution in [0.5, 0.6) is 0 Å². The lowest BCUT2D eigenvalue weighted by molar-refractivity contribution is 0.0697. The summed E-state index contributed by atoms with van der Waals surface area (Å²) in [7, 11) is 0. The Bertz CT molecular complexity index is 1600. The molecule has 182 valence electrons. The summed E-state index contributed by atoms with van der Waals surface area (Å²) < 4.78 is 0. The second kappa shape index (κ2) is 10.2. The Morgan fingerprint density at radius 1 is 0.676 bits per heavy atom. The molecule has 1 amide bonds. The SMILES string of the molecule is Cc1cc(Nc2ccc(NC(=O)c3ccc(Nc4ccnc5ccc(C(=O)O)cc45)cc3)cc2)ccn1. The van der Waals surface area contributed by atoms with Crippen LogP contribution < -0.4 is 16.0 Å². The van der Waals surface area contributed by atoms with Gasteiger partial charge in [-0.25, -0.2) is 4.79 Å². The summed E-state index contributed by atoms with van der Waals surface area (Å²) in [5.74, 6) is -1.22. The molecular weight excluding hydrogens is 466 g/mol. The van der Waals surface area contributed by atoms with Crippen molar-refractivity contribution >= 4 is 51.2 Å². The summed E-state index contributed by atoms with van der Waals surface area (Å²) in [5, 5.41) is 19.5. The van der Waals surface area contributed by atoms with Crippen LogP contribution in [0, 0.1) is 6.92 Å². The van der Waals surface area contributed by atoms with Gasteiger partial charge in [-0.1, -0.05) is 0 Å². The average Bonchev–Trinajstić information content (AvgIpc) is 2.90. The molecule has 8 nitrogen and oxygen atoms in total. The van der Waals surface area contributed by atoms with Crippen LogP contribution in [-0.2, 0) is 0 Å². The van der Waals surface area contributed by atoms with Crippen LogP contribution in [0.3, 0.4) is 0 Å². The number of anilines is 5. The fourth-order valence-electron chi connectivity index (χ4n) is 3.88. The minimum atomic E-state index is -0.998. The summed E-state index contributed by atoms with van der Waals surface area (Å²) in [6.07, 6.45) is 3.41. The van der Waals surface area contributed by atoms with Crippen LogP contribution in [0.1, 0.15) is 26.4 Å². The Balaban J connectivity index is 1.25. The highest BCUT2D eigenvalue weighted by atomic mass is 16.4. The highest BCUT2D eigenvalue weighted by molar-refractivity contribution is 6.04. The first kappa shape index (κ1) is 23.5. The summed E-state index contributed by atoms with van der Waals surface area (Å²) in [4.78, 5) is 32.6. The highest BCUT2D eigenvalue weighted by Gasteiger charge is 2.10. The first-order valence-electron chi connectivity index (χ1n) is 11.5. The summed E-state index contributed by atoms with van der Waals surface area (Å²) in [6, 6.07) is 24.9. The molecule has 37 heavy (non-hydrogen) atoms. The van der Waals surface area contributed by atoms with Crippen LogP contribution in [0.4, 0.5) is 28.4 Å². The van der Waals surface area contributed by atoms with Crippen molar-refractivity contribution in [3.63, 3.8) is 0 Å². The van der Waals surface area contributed by atoms with Crippen molar-refractivity contribution in [3.05, 3.63) is 114 Å². The molecule has 0 saturated carbocycles. The second-order valence-electron chi connectivity index (χ2n) is 8.44. The molecule has 8 heteroatoms. The Morgan fingerprint density at radius 2 is 1.32 bits per heavy atom. The van der Waals surface area contributed by atoms with Crippen LogP contribution >= 0.6 is 0 Å². The smallest absolute Gasteiger partial charge is 0.335 e. The van der Waals surface area contributed by atoms with Crippen LogP contribution in [0.2, 0.25) is 0 Å². The third-order valence-corrected chi connectivity index (χ3v) is 5.74. The zero-order valence-electron chi connectivity index (χ0n) is 19.9. The van der Waals surface area contributed by atoms with E-state index in [4.69, 9.17) is 0 Å². The number of nitrogens with zero attached hydrogens (tertiary/aromatic N) is 2. The van der Waals surface area contributed by atoms with Crippen LogP contribution in [0.15, 0.2) is 97.3 Å². The molecule has 2 aromatic heterocycles. The minimum absolute atomic E-state index is 0.187. The van der Waals surface area contributed by atoms with Gasteiger partial charge >= 0.3 is 5.97 Å². The minimum Gasteiger partial charge on any atom is -0.478 e. The molecule has 5 aromatic rings. The van der Waals surface area contributed by atoms with E-state index in [-0.39, 0.29) is 11.5 Å². The largest absolute Gasteiger partial charge is 0.478 e. The maximum atomic E-state index is 12.8. The molecule has 4 N–H and O–H groups in total. The van der Waals surface area contributed by atoms with Gasteiger partial charge in [-0.05, 0) is 91.9 Å². The number of nitrogens with one attached hydrogen (secondary N) is 3. The van der Waals surface area contributed by atoms with Crippen molar-refractivity contribution in [1.29, 1.82) is 0 Å². The van der Waals surface area contributed by atoms with E-state index < -0.39 is 5.97 Å². The molecule has 0 spiro atoms. The zero-order chi connectivity index (χ0) is 25.8. The summed E-state index contributed by atoms with van der Waals surface area (Å²) in [5.41, 5.74) is 6.31. The van der Waals surface area contributed by atoms with Crippen molar-refractivity contribution in [3.8, 4) is 0 Å². The number of hydrogen-bond donors (Lipinski definition) is 4. The van der Waals surface area contributed by atoms with Gasteiger partial charge in [0.25, 0.3) is 5.91 Å². The first-order valence-corrected chi connectivity index (χ1v) is 11.5. The van der Waals surface area contributed by atoms with Gasteiger partial charge in [0.15, 0.2) is 0 Å². The molecule has 0 bridgehead atoms. The van der Waals surface area contributed by atoms with E-state index in [0.717, 1.165) is 28.4 Å². The Labute approximate surface area is 213 Å². The van der Waals surface area contributed by atoms with Gasteiger partial charge in [0, 0.05) is 57.5 Å². The van der Waals surface area contributed by atoms with Crippen molar-refractivity contribution < 1.29 is 14.7 Å². The number of hydrogen-bond acceptors (Lipinski definition) is 6. The van der Waals surface area contributed by atoms with E-state index in [1.54, 1.807) is 54.9 Å². The molecule has 0 aliphatic heterocycles. The molecule has 0 aliphatic rings. The van der Waals surface area contributed by atoms with Crippen LogP contribution in [0.25, 0.3) is 10.9 Å². The number of aromatic carboxylic acids is 1. The number of carbonyl (C=O) groups excluding carboxylic acids is 1. The van der Waals surface area contributed by atoms with Gasteiger partial charge in [0.1, 0.15) is 0 Å². The lowest BCUT2D eigenvalue weighted by Gasteiger charge is -2.11. The maximum absolute atomic E-state index is 12.8. The fraction of sp³-hybridized carbons (Fsp3) is 0.0345. The topological polar surface area (TPSA) is 116 Å². The lowest BCUT2D eigenvalue weighted by Crippen LogP contribution is -2.11. The molecule has 0 radical (unpaired) electrons. The van der Waals surface area contributed by atoms with E-state index >= 15 is 0 Å². The molecule has 2 heterocycles. The lowest BCUT2D eigenvalue weighted by atomic mass is 10.1. The molecule has 0 fully saturated rings. The van der Waals surface area contributed by atoms with E-state index in [0.29, 0.717) is 22.2 Å². The number of amides is 1. The van der Waals surface area contributed by atoms with Crippen molar-refractivity contribution in [2.24, 2.45) is 0 Å². The van der Waals surface area contributed by atoms with Gasteiger partial charge in [-0.3, -0.25) is 14.8 Å². The molecule has 0 unspecified atom stereocenters. The molecule has 0 saturated heterocycles. The predicted molar refractivity (Wildman–Crippen MR) is 145 cm³/mol. The average molecular weight is 490 g/mol. The van der Waals surface area contributed by atoms with Gasteiger partial charge in [-0.2, -0.15) is 0 Å². The summed E-state index contributed by atoms with van der Waals surface area (Å²) in [6.45, 7) is 1.93. The Morgan fingerprint density at radius 3 is 2.05 bits per heavy atom. The van der Waals surface area contributed by atoms with Gasteiger partial charge < -0.3 is 21.1 Å². The normalized spacial score (nSPS) is 10.6. The molecule has 0 atom stereocenters. The Hall–Kier alpha value is -5.24. The van der Waals surface area contributed by atoms with Crippen molar-refractivity contribution in [2.75, 3.05) is 16.0 Å². The third kappa shape index (κ3) is 5.54. The number of aryl methyl sites for hydroxylation is 1. The first-order chi connectivity index (χ1) is 17.9. The monoisotopic (exact) mass is 489 g/mol. The standard InChI is InChI=1S/C29H23N5O3/c1-18-16-24(12-14-30-18)32-21-7-9-23(10-8-21)34-28(35)19-2-5-22(6-3-19)33-27-13-15-31-26-11-4-20(29(36)37)17-25(26)27/h2-17H,1H3,(H,30,32)(H,31,33)(H,34,35)(H,36,37). The third-order valence-electron chi connectivity index (χ3n) is 5.74. The molecule has 3 aromatic carbocycles. The number of pyridine rings is 2. The number of rotatable bonds is 7. The second-order valence-corrected chi connectivity index (χ2v) is 8.44. The van der Waals surface area contributed by atoms with Crippen LogP contribution in [-0.4, -0.2) is 27.0 Å². The quantitative estimate of drug-likeness (QED) is 0.210. The molecular formula is C29H23N5O3. The number of carboxylic acids is 1. The molecule has 0 aliphatic carbocycles. The number of fused-ring (bicyclic) bond motifs is 1. The van der Waals surface area contributed by atoms with Crippen molar-refractivity contribution in [1.82, 2.24) is 9.97 Å². The van der Waals surface area contributed by atoms with Crippen molar-refractivity contribution in [2.45, 2.75) is 6.92 Å². The van der Waals surface area contributed by atoms with E-state index in [2.05, 4.69) is 25.9 Å². The number of benzene rings is 3. The highest BCUT2D eigenvalue weighted by Crippen LogP contribution is 2.27. The fourth-order valence-corrected chi connectivity index (χ4v) is 3.88. The number of aromatic nitrogens is 2. The number of carboxylic acid groups (broad SMARTS) is 1. The predicted octanol–water partition coefficient (Wildman–Crippen LogP) is 6.38. The van der Waals surface area contributed by atoms with E-state index in [1.807, 2.05) is 43.3 Å². The summed E-state index contributed by atoms with van der Waals surface area (Å²) >= 11 is 0. The molecule has 5 rings (SSSR count). The zero-order valence-corrected chi connectivity index (χ0v) is 19.9. The van der Waals surface area contributed by atoms with E-state index in [1.165, 1.54) is 6.07 Å². The number of carbonyl (C=O) groups is 2. The van der Waals surface area contributed by atoms with Gasteiger partial charge in [-0.15, -0.1) is 0 Å².